The number of nitrogens with zero attached hydrogens (tertiary/aromatic N) is 4. The van der Waals surface area contributed by atoms with Gasteiger partial charge in [0, 0.05) is 26.2 Å². The van der Waals surface area contributed by atoms with E-state index >= 15 is 0 Å². The van der Waals surface area contributed by atoms with Crippen molar-refractivity contribution in [3.63, 3.8) is 0 Å². The van der Waals surface area contributed by atoms with Gasteiger partial charge in [-0.2, -0.15) is 23.0 Å². The number of alkyl halides is 3. The molecule has 1 aromatic heterocycles. The number of hydrogen-bond donors (Lipinski definition) is 1. The molecule has 7 nitrogen and oxygen atoms in total. The summed E-state index contributed by atoms with van der Waals surface area (Å²) >= 11 is 6.29. The van der Waals surface area contributed by atoms with Crippen molar-refractivity contribution in [2.75, 3.05) is 44.2 Å². The van der Waals surface area contributed by atoms with Gasteiger partial charge in [0.25, 0.3) is 5.56 Å². The van der Waals surface area contributed by atoms with E-state index in [0.717, 1.165) is 0 Å². The van der Waals surface area contributed by atoms with E-state index in [4.69, 9.17) is 11.6 Å². The van der Waals surface area contributed by atoms with Crippen LogP contribution in [0.25, 0.3) is 5.69 Å². The summed E-state index contributed by atoms with van der Waals surface area (Å²) < 4.78 is 37.7. The molecular formula is C18H19ClF3N5O2. The van der Waals surface area contributed by atoms with Crippen molar-refractivity contribution >= 4 is 23.2 Å². The first-order valence-corrected chi connectivity index (χ1v) is 9.26. The van der Waals surface area contributed by atoms with E-state index in [9.17, 15) is 22.8 Å². The number of benzene rings is 1. The van der Waals surface area contributed by atoms with Crippen LogP contribution in [0.2, 0.25) is 5.02 Å². The SMILES string of the molecule is O=C(CN1CCN(c2cnn(-c3ccccc3)c(=O)c2Cl)CC1)NCC(F)(F)F. The summed E-state index contributed by atoms with van der Waals surface area (Å²) in [4.78, 5) is 27.8. The average Bonchev–Trinajstić information content (AvgIpc) is 2.69. The van der Waals surface area contributed by atoms with Crippen molar-refractivity contribution in [1.29, 1.82) is 0 Å². The Morgan fingerprint density at radius 1 is 1.14 bits per heavy atom. The molecule has 1 fully saturated rings. The van der Waals surface area contributed by atoms with Gasteiger partial charge in [-0.3, -0.25) is 14.5 Å². The Kier molecular flexibility index (Phi) is 6.43. The average molecular weight is 430 g/mol. The summed E-state index contributed by atoms with van der Waals surface area (Å²) in [6, 6.07) is 8.89. The predicted molar refractivity (Wildman–Crippen MR) is 103 cm³/mol. The van der Waals surface area contributed by atoms with Crippen LogP contribution in [0.5, 0.6) is 0 Å². The molecule has 2 heterocycles. The zero-order valence-electron chi connectivity index (χ0n) is 15.3. The minimum absolute atomic E-state index is 0.0419. The number of para-hydroxylation sites is 1. The second kappa shape index (κ2) is 8.83. The van der Waals surface area contributed by atoms with Gasteiger partial charge in [0.1, 0.15) is 11.6 Å². The maximum absolute atomic E-state index is 12.6. The molecule has 1 aromatic carbocycles. The highest BCUT2D eigenvalue weighted by molar-refractivity contribution is 6.33. The Morgan fingerprint density at radius 3 is 2.41 bits per heavy atom. The molecule has 1 N–H and O–H groups in total. The van der Waals surface area contributed by atoms with E-state index in [2.05, 4.69) is 5.10 Å². The van der Waals surface area contributed by atoms with Crippen LogP contribution >= 0.6 is 11.6 Å². The summed E-state index contributed by atoms with van der Waals surface area (Å²) in [6.07, 6.45) is -2.92. The fraction of sp³-hybridized carbons (Fsp3) is 0.389. The Labute approximate surface area is 169 Å². The second-order valence-corrected chi connectivity index (χ2v) is 6.93. The number of halogens is 4. The number of nitrogens with one attached hydrogen (secondary N) is 1. The van der Waals surface area contributed by atoms with Crippen LogP contribution in [-0.2, 0) is 4.79 Å². The van der Waals surface area contributed by atoms with Gasteiger partial charge >= 0.3 is 6.18 Å². The van der Waals surface area contributed by atoms with Gasteiger partial charge in [-0.25, -0.2) is 0 Å². The number of rotatable bonds is 5. The number of hydrogen-bond acceptors (Lipinski definition) is 5. The maximum Gasteiger partial charge on any atom is 0.405 e. The highest BCUT2D eigenvalue weighted by Crippen LogP contribution is 2.23. The third kappa shape index (κ3) is 5.48. The molecule has 2 aromatic rings. The van der Waals surface area contributed by atoms with E-state index in [1.165, 1.54) is 10.9 Å². The molecule has 1 amide bonds. The van der Waals surface area contributed by atoms with Crippen molar-refractivity contribution in [3.8, 4) is 5.69 Å². The Morgan fingerprint density at radius 2 is 1.79 bits per heavy atom. The molecule has 0 spiro atoms. The smallest absolute Gasteiger partial charge is 0.366 e. The fourth-order valence-electron chi connectivity index (χ4n) is 3.00. The molecule has 0 bridgehead atoms. The molecule has 1 saturated heterocycles. The summed E-state index contributed by atoms with van der Waals surface area (Å²) in [6.45, 7) is 0.344. The highest BCUT2D eigenvalue weighted by Gasteiger charge is 2.28. The first kappa shape index (κ1) is 21.1. The number of anilines is 1. The zero-order chi connectivity index (χ0) is 21.0. The van der Waals surface area contributed by atoms with Crippen LogP contribution < -0.4 is 15.8 Å². The molecule has 156 valence electrons. The second-order valence-electron chi connectivity index (χ2n) is 6.55. The fourth-order valence-corrected chi connectivity index (χ4v) is 3.25. The topological polar surface area (TPSA) is 70.5 Å². The molecule has 0 saturated carbocycles. The van der Waals surface area contributed by atoms with Crippen LogP contribution in [-0.4, -0.2) is 66.0 Å². The number of aromatic nitrogens is 2. The van der Waals surface area contributed by atoms with Gasteiger partial charge in [-0.15, -0.1) is 0 Å². The first-order valence-electron chi connectivity index (χ1n) is 8.88. The predicted octanol–water partition coefficient (Wildman–Crippen LogP) is 1.69. The maximum atomic E-state index is 12.6. The van der Waals surface area contributed by atoms with Gasteiger partial charge in [0.15, 0.2) is 0 Å². The quantitative estimate of drug-likeness (QED) is 0.783. The van der Waals surface area contributed by atoms with E-state index in [-0.39, 0.29) is 11.6 Å². The monoisotopic (exact) mass is 429 g/mol. The molecule has 1 aliphatic rings. The molecule has 0 unspecified atom stereocenters. The summed E-state index contributed by atoms with van der Waals surface area (Å²) in [7, 11) is 0. The van der Waals surface area contributed by atoms with Crippen molar-refractivity contribution in [1.82, 2.24) is 20.0 Å². The Bertz CT molecular complexity index is 912. The number of amides is 1. The molecule has 1 aliphatic heterocycles. The van der Waals surface area contributed by atoms with Crippen molar-refractivity contribution < 1.29 is 18.0 Å². The van der Waals surface area contributed by atoms with Gasteiger partial charge < -0.3 is 10.2 Å². The van der Waals surface area contributed by atoms with E-state index in [1.54, 1.807) is 29.2 Å². The third-order valence-electron chi connectivity index (χ3n) is 4.47. The number of carbonyl (C=O) groups excluding carboxylic acids is 1. The minimum Gasteiger partial charge on any atom is -0.366 e. The third-order valence-corrected chi connectivity index (χ3v) is 4.82. The summed E-state index contributed by atoms with van der Waals surface area (Å²) in [5.74, 6) is -0.680. The summed E-state index contributed by atoms with van der Waals surface area (Å²) in [5, 5.41) is 6.09. The van der Waals surface area contributed by atoms with E-state index in [1.807, 2.05) is 16.3 Å². The van der Waals surface area contributed by atoms with Crippen LogP contribution in [0.1, 0.15) is 0 Å². The van der Waals surface area contributed by atoms with Crippen molar-refractivity contribution in [2.45, 2.75) is 6.18 Å². The molecule has 11 heteroatoms. The van der Waals surface area contributed by atoms with Crippen LogP contribution in [0, 0.1) is 0 Å². The highest BCUT2D eigenvalue weighted by atomic mass is 35.5. The van der Waals surface area contributed by atoms with Crippen LogP contribution in [0.15, 0.2) is 41.3 Å². The molecule has 3 rings (SSSR count). The van der Waals surface area contributed by atoms with Crippen LogP contribution in [0.3, 0.4) is 0 Å². The van der Waals surface area contributed by atoms with Gasteiger partial charge in [0.2, 0.25) is 5.91 Å². The lowest BCUT2D eigenvalue weighted by molar-refractivity contribution is -0.139. The zero-order valence-corrected chi connectivity index (χ0v) is 16.1. The van der Waals surface area contributed by atoms with Crippen molar-refractivity contribution in [2.24, 2.45) is 0 Å². The Hall–Kier alpha value is -2.59. The van der Waals surface area contributed by atoms with Gasteiger partial charge in [0.05, 0.1) is 24.1 Å². The molecule has 29 heavy (non-hydrogen) atoms. The van der Waals surface area contributed by atoms with Crippen molar-refractivity contribution in [3.05, 3.63) is 51.9 Å². The lowest BCUT2D eigenvalue weighted by Gasteiger charge is -2.35. The normalized spacial score (nSPS) is 15.4. The van der Waals surface area contributed by atoms with E-state index in [0.29, 0.717) is 37.6 Å². The molecule has 0 aliphatic carbocycles. The lowest BCUT2D eigenvalue weighted by Crippen LogP contribution is -2.50. The number of piperazine rings is 1. The van der Waals surface area contributed by atoms with Gasteiger partial charge in [-0.05, 0) is 12.1 Å². The number of carbonyl (C=O) groups is 1. The largest absolute Gasteiger partial charge is 0.405 e. The lowest BCUT2D eigenvalue weighted by atomic mass is 10.2. The molecule has 0 atom stereocenters. The van der Waals surface area contributed by atoms with Gasteiger partial charge in [-0.1, -0.05) is 29.8 Å². The summed E-state index contributed by atoms with van der Waals surface area (Å²) in [5.41, 5.74) is 0.648. The molecule has 0 radical (unpaired) electrons. The van der Waals surface area contributed by atoms with Crippen LogP contribution in [0.4, 0.5) is 18.9 Å². The minimum atomic E-state index is -4.43. The Balaban J connectivity index is 1.61. The van der Waals surface area contributed by atoms with E-state index < -0.39 is 24.2 Å². The molecular weight excluding hydrogens is 411 g/mol. The first-order chi connectivity index (χ1) is 13.7. The standard InChI is InChI=1S/C18H19ClF3N5O2/c19-16-14(10-24-27(17(16)29)13-4-2-1-3-5-13)26-8-6-25(7-9-26)11-15(28)23-12-18(20,21)22/h1-5,10H,6-9,11-12H2,(H,23,28).